The highest BCUT2D eigenvalue weighted by Gasteiger charge is 2.35. The lowest BCUT2D eigenvalue weighted by Gasteiger charge is -2.44. The van der Waals surface area contributed by atoms with Crippen LogP contribution in [0.2, 0.25) is 0 Å². The maximum atomic E-state index is 13.7. The van der Waals surface area contributed by atoms with E-state index in [1.165, 1.54) is 68.8 Å². The summed E-state index contributed by atoms with van der Waals surface area (Å²) in [7, 11) is 0. The van der Waals surface area contributed by atoms with Gasteiger partial charge in [0.1, 0.15) is 5.82 Å². The zero-order valence-electron chi connectivity index (χ0n) is 20.2. The van der Waals surface area contributed by atoms with Crippen LogP contribution in [0.4, 0.5) is 4.39 Å². The van der Waals surface area contributed by atoms with Gasteiger partial charge in [0.2, 0.25) is 5.91 Å². The molecule has 3 fully saturated rings. The molecule has 34 heavy (non-hydrogen) atoms. The molecule has 3 atom stereocenters. The number of thioether (sulfide) groups is 1. The van der Waals surface area contributed by atoms with Gasteiger partial charge in [-0.1, -0.05) is 31.0 Å². The molecule has 0 bridgehead atoms. The monoisotopic (exact) mass is 485 g/mol. The molecular formula is C26H36FN5OS. The molecule has 1 aromatic carbocycles. The largest absolute Gasteiger partial charge is 0.339 e. The summed E-state index contributed by atoms with van der Waals surface area (Å²) in [5, 5.41) is 9.80. The number of carbonyl (C=O) groups excluding carboxylic acids is 1. The first kappa shape index (κ1) is 23.8. The first-order valence-corrected chi connectivity index (χ1v) is 14.0. The Balaban J connectivity index is 1.36. The topological polar surface area (TPSA) is 54.3 Å². The van der Waals surface area contributed by atoms with Gasteiger partial charge in [0.15, 0.2) is 11.0 Å². The lowest BCUT2D eigenvalue weighted by molar-refractivity contribution is -0.134. The third-order valence-corrected chi connectivity index (χ3v) is 8.86. The molecule has 0 radical (unpaired) electrons. The van der Waals surface area contributed by atoms with Gasteiger partial charge in [-0.15, -0.1) is 10.2 Å². The zero-order chi connectivity index (χ0) is 23.5. The molecule has 0 spiro atoms. The van der Waals surface area contributed by atoms with E-state index in [1.54, 1.807) is 12.1 Å². The fourth-order valence-electron chi connectivity index (χ4n) is 6.09. The normalized spacial score (nSPS) is 24.6. The van der Waals surface area contributed by atoms with E-state index < -0.39 is 0 Å². The van der Waals surface area contributed by atoms with Crippen LogP contribution in [0.25, 0.3) is 5.69 Å². The van der Waals surface area contributed by atoms with Crippen LogP contribution in [0.15, 0.2) is 29.4 Å². The number of likely N-dealkylation sites (tertiary alicyclic amines) is 2. The number of nitrogens with zero attached hydrogens (tertiary/aromatic N) is 5. The minimum absolute atomic E-state index is 0.105. The van der Waals surface area contributed by atoms with Gasteiger partial charge in [0.25, 0.3) is 0 Å². The maximum Gasteiger partial charge on any atom is 0.233 e. The third-order valence-electron chi connectivity index (χ3n) is 7.94. The predicted molar refractivity (Wildman–Crippen MR) is 133 cm³/mol. The van der Waals surface area contributed by atoms with Crippen LogP contribution in [-0.4, -0.2) is 61.9 Å². The van der Waals surface area contributed by atoms with Crippen LogP contribution >= 0.6 is 11.8 Å². The van der Waals surface area contributed by atoms with Gasteiger partial charge in [-0.25, -0.2) is 4.39 Å². The lowest BCUT2D eigenvalue weighted by atomic mass is 9.78. The summed E-state index contributed by atoms with van der Waals surface area (Å²) in [5.74, 6) is 1.84. The fourth-order valence-corrected chi connectivity index (χ4v) is 6.94. The van der Waals surface area contributed by atoms with Crippen molar-refractivity contribution in [2.24, 2.45) is 5.92 Å². The molecule has 2 saturated heterocycles. The Bertz CT molecular complexity index is 972. The van der Waals surface area contributed by atoms with E-state index in [-0.39, 0.29) is 17.8 Å². The van der Waals surface area contributed by atoms with E-state index >= 15 is 0 Å². The van der Waals surface area contributed by atoms with Crippen molar-refractivity contribution in [2.45, 2.75) is 82.0 Å². The summed E-state index contributed by atoms with van der Waals surface area (Å²) in [5.41, 5.74) is 0.838. The molecule has 2 aromatic rings. The summed E-state index contributed by atoms with van der Waals surface area (Å²) >= 11 is 1.46. The highest BCUT2D eigenvalue weighted by molar-refractivity contribution is 7.99. The minimum atomic E-state index is -0.265. The maximum absolute atomic E-state index is 13.7. The van der Waals surface area contributed by atoms with Crippen molar-refractivity contribution >= 4 is 17.7 Å². The van der Waals surface area contributed by atoms with Crippen molar-refractivity contribution < 1.29 is 9.18 Å². The van der Waals surface area contributed by atoms with E-state index in [0.29, 0.717) is 22.9 Å². The molecule has 1 aliphatic carbocycles. The Morgan fingerprint density at radius 1 is 1.00 bits per heavy atom. The molecule has 0 unspecified atom stereocenters. The third kappa shape index (κ3) is 5.03. The molecule has 5 rings (SSSR count). The van der Waals surface area contributed by atoms with Crippen molar-refractivity contribution in [1.82, 2.24) is 24.6 Å². The summed E-state index contributed by atoms with van der Waals surface area (Å²) < 4.78 is 15.7. The van der Waals surface area contributed by atoms with Gasteiger partial charge < -0.3 is 4.90 Å². The summed E-state index contributed by atoms with van der Waals surface area (Å²) in [4.78, 5) is 17.9. The molecule has 1 amide bonds. The van der Waals surface area contributed by atoms with Crippen molar-refractivity contribution in [3.05, 3.63) is 35.9 Å². The first-order valence-electron chi connectivity index (χ1n) is 13.0. The van der Waals surface area contributed by atoms with Gasteiger partial charge in [-0.3, -0.25) is 14.3 Å². The molecule has 3 aliphatic rings. The van der Waals surface area contributed by atoms with E-state index in [9.17, 15) is 9.18 Å². The number of carbonyl (C=O) groups is 1. The van der Waals surface area contributed by atoms with Gasteiger partial charge in [-0.05, 0) is 88.7 Å². The lowest BCUT2D eigenvalue weighted by Crippen LogP contribution is -2.50. The summed E-state index contributed by atoms with van der Waals surface area (Å²) in [6.07, 6.45) is 11.0. The van der Waals surface area contributed by atoms with Crippen LogP contribution in [0.5, 0.6) is 0 Å². The van der Waals surface area contributed by atoms with Crippen molar-refractivity contribution in [2.75, 3.05) is 25.4 Å². The van der Waals surface area contributed by atoms with Crippen LogP contribution in [-0.2, 0) is 4.79 Å². The Hall–Kier alpha value is -1.93. The Morgan fingerprint density at radius 3 is 2.53 bits per heavy atom. The van der Waals surface area contributed by atoms with Gasteiger partial charge in [0, 0.05) is 18.3 Å². The van der Waals surface area contributed by atoms with Crippen molar-refractivity contribution in [1.29, 1.82) is 0 Å². The molecule has 3 heterocycles. The first-order chi connectivity index (χ1) is 16.6. The molecule has 2 aliphatic heterocycles. The molecule has 8 heteroatoms. The second-order valence-electron chi connectivity index (χ2n) is 10.1. The SMILES string of the molecule is C[C@H](c1nnc(SCC(=O)N2CCC[C@H]3CCCC[C@H]32)n1-c1ccc(F)cc1)N1CCCCC1. The second-order valence-corrected chi connectivity index (χ2v) is 11.0. The minimum Gasteiger partial charge on any atom is -0.339 e. The van der Waals surface area contributed by atoms with Crippen LogP contribution < -0.4 is 0 Å². The molecule has 1 aromatic heterocycles. The van der Waals surface area contributed by atoms with E-state index in [0.717, 1.165) is 44.0 Å². The van der Waals surface area contributed by atoms with E-state index in [2.05, 4.69) is 26.9 Å². The molecule has 6 nitrogen and oxygen atoms in total. The number of piperidine rings is 2. The Morgan fingerprint density at radius 2 is 1.74 bits per heavy atom. The molecule has 1 saturated carbocycles. The number of aromatic nitrogens is 3. The number of amides is 1. The average molecular weight is 486 g/mol. The number of halogens is 1. The summed E-state index contributed by atoms with van der Waals surface area (Å²) in [6, 6.07) is 7.01. The standard InChI is InChI=1S/C26H36FN5OS/c1-19(30-15-5-2-6-16-30)25-28-29-26(32(25)22-13-11-21(27)12-14-22)34-18-24(33)31-17-7-9-20-8-3-4-10-23(20)31/h11-14,19-20,23H,2-10,15-18H2,1H3/t19-,20-,23-/m1/s1. The predicted octanol–water partition coefficient (Wildman–Crippen LogP) is 5.23. The van der Waals surface area contributed by atoms with Crippen molar-refractivity contribution in [3.63, 3.8) is 0 Å². The fraction of sp³-hybridized carbons (Fsp3) is 0.654. The number of benzene rings is 1. The molecule has 0 N–H and O–H groups in total. The Labute approximate surface area is 206 Å². The highest BCUT2D eigenvalue weighted by atomic mass is 32.2. The van der Waals surface area contributed by atoms with Crippen LogP contribution in [0, 0.1) is 11.7 Å². The van der Waals surface area contributed by atoms with Gasteiger partial charge >= 0.3 is 0 Å². The number of fused-ring (bicyclic) bond motifs is 1. The number of hydrogen-bond acceptors (Lipinski definition) is 5. The van der Waals surface area contributed by atoms with Gasteiger partial charge in [0.05, 0.1) is 11.8 Å². The quantitative estimate of drug-likeness (QED) is 0.525. The summed E-state index contributed by atoms with van der Waals surface area (Å²) in [6.45, 7) is 5.15. The van der Waals surface area contributed by atoms with Crippen molar-refractivity contribution in [3.8, 4) is 5.69 Å². The van der Waals surface area contributed by atoms with E-state index in [1.807, 2.05) is 4.57 Å². The van der Waals surface area contributed by atoms with Crippen LogP contribution in [0.1, 0.15) is 76.6 Å². The molecular weight excluding hydrogens is 449 g/mol. The zero-order valence-corrected chi connectivity index (χ0v) is 21.0. The average Bonchev–Trinajstić information content (AvgIpc) is 3.31. The smallest absolute Gasteiger partial charge is 0.233 e. The van der Waals surface area contributed by atoms with Crippen LogP contribution in [0.3, 0.4) is 0 Å². The number of hydrogen-bond donors (Lipinski definition) is 0. The molecule has 184 valence electrons. The second kappa shape index (κ2) is 10.8. The number of rotatable bonds is 6. The highest BCUT2D eigenvalue weighted by Crippen LogP contribution is 2.36. The van der Waals surface area contributed by atoms with Gasteiger partial charge in [-0.2, -0.15) is 0 Å². The Kier molecular flexibility index (Phi) is 7.54. The van der Waals surface area contributed by atoms with E-state index in [4.69, 9.17) is 0 Å².